The number of aryl methyl sites for hydroxylation is 1. The van der Waals surface area contributed by atoms with Gasteiger partial charge in [-0.15, -0.1) is 0 Å². The van der Waals surface area contributed by atoms with Gasteiger partial charge in [0.05, 0.1) is 17.2 Å². The maximum Gasteiger partial charge on any atom is 0.0977 e. The van der Waals surface area contributed by atoms with E-state index in [2.05, 4.69) is 14.5 Å². The second kappa shape index (κ2) is 4.28. The first kappa shape index (κ1) is 9.27. The number of hydrogen-bond donors (Lipinski definition) is 0. The number of pyridine rings is 1. The first-order valence-electron chi connectivity index (χ1n) is 4.37. The molecule has 0 N–H and O–H groups in total. The molecule has 0 aliphatic carbocycles. The second-order valence-corrected chi connectivity index (χ2v) is 3.91. The van der Waals surface area contributed by atoms with Crippen LogP contribution in [0.1, 0.15) is 5.69 Å². The molecule has 0 radical (unpaired) electrons. The van der Waals surface area contributed by atoms with E-state index in [-0.39, 0.29) is 0 Å². The topological polar surface area (TPSA) is 30.7 Å². The van der Waals surface area contributed by atoms with Gasteiger partial charge in [-0.25, -0.2) is 9.97 Å². The van der Waals surface area contributed by atoms with E-state index in [0.717, 1.165) is 10.9 Å². The molecule has 0 saturated carbocycles. The van der Waals surface area contributed by atoms with Gasteiger partial charge < -0.3 is 4.57 Å². The zero-order valence-electron chi connectivity index (χ0n) is 7.92. The number of aromatic nitrogens is 3. The summed E-state index contributed by atoms with van der Waals surface area (Å²) in [5, 5.41) is 1.04. The van der Waals surface area contributed by atoms with Gasteiger partial charge in [-0.05, 0) is 19.1 Å². The Morgan fingerprint density at radius 2 is 2.36 bits per heavy atom. The van der Waals surface area contributed by atoms with Gasteiger partial charge >= 0.3 is 0 Å². The summed E-state index contributed by atoms with van der Waals surface area (Å²) in [5.74, 6) is 0.864. The number of rotatable bonds is 3. The lowest BCUT2D eigenvalue weighted by Gasteiger charge is -2.03. The van der Waals surface area contributed by atoms with E-state index in [1.165, 1.54) is 5.69 Å². The Balaban J connectivity index is 1.99. The Labute approximate surface area is 87.2 Å². The smallest absolute Gasteiger partial charge is 0.0977 e. The van der Waals surface area contributed by atoms with Crippen LogP contribution >= 0.6 is 11.8 Å². The van der Waals surface area contributed by atoms with Crippen LogP contribution in [-0.2, 0) is 5.88 Å². The molecule has 0 spiro atoms. The molecule has 72 valence electrons. The number of nitrogens with zero attached hydrogens (tertiary/aromatic N) is 3. The van der Waals surface area contributed by atoms with E-state index in [1.54, 1.807) is 11.8 Å². The van der Waals surface area contributed by atoms with Gasteiger partial charge in [0.1, 0.15) is 0 Å². The van der Waals surface area contributed by atoms with Crippen LogP contribution in [0.4, 0.5) is 0 Å². The molecule has 14 heavy (non-hydrogen) atoms. The van der Waals surface area contributed by atoms with Crippen molar-refractivity contribution < 1.29 is 0 Å². The summed E-state index contributed by atoms with van der Waals surface area (Å²) in [4.78, 5) is 8.30. The Morgan fingerprint density at radius 1 is 1.43 bits per heavy atom. The maximum absolute atomic E-state index is 4.24. The first-order chi connectivity index (χ1) is 6.86. The fourth-order valence-electron chi connectivity index (χ4n) is 1.09. The number of hydrogen-bond acceptors (Lipinski definition) is 3. The van der Waals surface area contributed by atoms with Gasteiger partial charge in [0.2, 0.25) is 0 Å². The molecule has 0 atom stereocenters. The lowest BCUT2D eigenvalue weighted by molar-refractivity contribution is 0.849. The van der Waals surface area contributed by atoms with Crippen molar-refractivity contribution in [3.05, 3.63) is 42.6 Å². The highest BCUT2D eigenvalue weighted by atomic mass is 32.2. The predicted molar refractivity (Wildman–Crippen MR) is 57.1 cm³/mol. The molecule has 4 heteroatoms. The molecule has 0 aliphatic rings. The lowest BCUT2D eigenvalue weighted by atomic mass is 10.5. The molecule has 0 unspecified atom stereocenters. The summed E-state index contributed by atoms with van der Waals surface area (Å²) in [6.07, 6.45) is 5.51. The molecule has 0 saturated heterocycles. The Morgan fingerprint density at radius 3 is 3.00 bits per heavy atom. The monoisotopic (exact) mass is 205 g/mol. The average Bonchev–Trinajstić information content (AvgIpc) is 2.63. The summed E-state index contributed by atoms with van der Waals surface area (Å²) in [5.41, 5.74) is 1.17. The summed E-state index contributed by atoms with van der Waals surface area (Å²) in [6, 6.07) is 5.93. The molecule has 0 fully saturated rings. The fraction of sp³-hybridized carbons (Fsp3) is 0.200. The van der Waals surface area contributed by atoms with Crippen molar-refractivity contribution in [2.24, 2.45) is 0 Å². The third-order valence-corrected chi connectivity index (χ3v) is 2.85. The fourth-order valence-corrected chi connectivity index (χ4v) is 1.94. The van der Waals surface area contributed by atoms with Crippen LogP contribution in [0, 0.1) is 6.92 Å². The van der Waals surface area contributed by atoms with E-state index >= 15 is 0 Å². The predicted octanol–water partition coefficient (Wildman–Crippen LogP) is 2.34. The average molecular weight is 205 g/mol. The van der Waals surface area contributed by atoms with Crippen molar-refractivity contribution in [2.45, 2.75) is 17.8 Å². The van der Waals surface area contributed by atoms with Crippen LogP contribution in [0.25, 0.3) is 0 Å². The van der Waals surface area contributed by atoms with Gasteiger partial charge in [0.25, 0.3) is 0 Å². The third kappa shape index (κ3) is 2.14. The van der Waals surface area contributed by atoms with E-state index in [9.17, 15) is 0 Å². The van der Waals surface area contributed by atoms with Crippen LogP contribution in [0.15, 0.2) is 41.9 Å². The van der Waals surface area contributed by atoms with Crippen LogP contribution in [-0.4, -0.2) is 14.5 Å². The van der Waals surface area contributed by atoms with Gasteiger partial charge in [0.15, 0.2) is 0 Å². The standard InChI is InChI=1S/C10H11N3S/c1-9-6-11-7-13(9)8-14-10-4-2-3-5-12-10/h2-7H,8H2,1H3. The van der Waals surface area contributed by atoms with Crippen molar-refractivity contribution in [1.82, 2.24) is 14.5 Å². The van der Waals surface area contributed by atoms with E-state index in [0.29, 0.717) is 0 Å². The van der Waals surface area contributed by atoms with E-state index < -0.39 is 0 Å². The van der Waals surface area contributed by atoms with Crippen molar-refractivity contribution >= 4 is 11.8 Å². The Hall–Kier alpha value is -1.29. The highest BCUT2D eigenvalue weighted by molar-refractivity contribution is 7.98. The molecule has 2 aromatic heterocycles. The summed E-state index contributed by atoms with van der Waals surface area (Å²) >= 11 is 1.70. The van der Waals surface area contributed by atoms with Crippen molar-refractivity contribution in [2.75, 3.05) is 0 Å². The number of imidazole rings is 1. The molecule has 3 nitrogen and oxygen atoms in total. The molecule has 0 bridgehead atoms. The molecule has 0 aromatic carbocycles. The Bertz CT molecular complexity index is 397. The maximum atomic E-state index is 4.24. The lowest BCUT2D eigenvalue weighted by Crippen LogP contribution is -1.94. The van der Waals surface area contributed by atoms with Crippen LogP contribution in [0.2, 0.25) is 0 Å². The number of thioether (sulfide) groups is 1. The van der Waals surface area contributed by atoms with Gasteiger partial charge in [-0.3, -0.25) is 0 Å². The van der Waals surface area contributed by atoms with E-state index in [1.807, 2.05) is 43.8 Å². The summed E-state index contributed by atoms with van der Waals surface area (Å²) < 4.78 is 2.10. The molecule has 2 aromatic rings. The minimum Gasteiger partial charge on any atom is -0.325 e. The van der Waals surface area contributed by atoms with Crippen LogP contribution < -0.4 is 0 Å². The first-order valence-corrected chi connectivity index (χ1v) is 5.35. The largest absolute Gasteiger partial charge is 0.325 e. The van der Waals surface area contributed by atoms with Gasteiger partial charge in [0, 0.05) is 18.1 Å². The summed E-state index contributed by atoms with van der Waals surface area (Å²) in [6.45, 7) is 2.05. The molecule has 0 aliphatic heterocycles. The van der Waals surface area contributed by atoms with Gasteiger partial charge in [-0.1, -0.05) is 17.8 Å². The second-order valence-electron chi connectivity index (χ2n) is 2.95. The highest BCUT2D eigenvalue weighted by Gasteiger charge is 1.97. The Kier molecular flexibility index (Phi) is 2.84. The summed E-state index contributed by atoms with van der Waals surface area (Å²) in [7, 11) is 0. The minimum atomic E-state index is 0.864. The normalized spacial score (nSPS) is 10.4. The molecule has 2 rings (SSSR count). The molecular formula is C10H11N3S. The van der Waals surface area contributed by atoms with Crippen molar-refractivity contribution in [1.29, 1.82) is 0 Å². The van der Waals surface area contributed by atoms with Gasteiger partial charge in [-0.2, -0.15) is 0 Å². The minimum absolute atomic E-state index is 0.864. The van der Waals surface area contributed by atoms with Crippen LogP contribution in [0.5, 0.6) is 0 Å². The highest BCUT2D eigenvalue weighted by Crippen LogP contribution is 2.16. The van der Waals surface area contributed by atoms with Crippen molar-refractivity contribution in [3.8, 4) is 0 Å². The van der Waals surface area contributed by atoms with E-state index in [4.69, 9.17) is 0 Å². The zero-order chi connectivity index (χ0) is 9.80. The SMILES string of the molecule is Cc1cncn1CSc1ccccn1. The van der Waals surface area contributed by atoms with Crippen molar-refractivity contribution in [3.63, 3.8) is 0 Å². The molecular weight excluding hydrogens is 194 g/mol. The zero-order valence-corrected chi connectivity index (χ0v) is 8.74. The third-order valence-electron chi connectivity index (χ3n) is 1.91. The van der Waals surface area contributed by atoms with Crippen LogP contribution in [0.3, 0.4) is 0 Å². The quantitative estimate of drug-likeness (QED) is 0.720. The molecule has 0 amide bonds. The molecule has 2 heterocycles.